The van der Waals surface area contributed by atoms with Crippen molar-refractivity contribution in [3.63, 3.8) is 0 Å². The molecule has 0 bridgehead atoms. The molecule has 0 saturated carbocycles. The van der Waals surface area contributed by atoms with Gasteiger partial charge in [0.15, 0.2) is 0 Å². The van der Waals surface area contributed by atoms with E-state index in [4.69, 9.17) is 10.5 Å². The molecular weight excluding hydrogens is 260 g/mol. The average Bonchev–Trinajstić information content (AvgIpc) is 2.49. The molecular formula is C18H30N2O. The van der Waals surface area contributed by atoms with Gasteiger partial charge in [-0.25, -0.2) is 0 Å². The first-order valence-electron chi connectivity index (χ1n) is 8.05. The zero-order valence-electron chi connectivity index (χ0n) is 13.7. The first-order valence-corrected chi connectivity index (χ1v) is 8.05. The standard InChI is InChI=1S/C18H30N2O/c1-18(2,17(19)16-7-5-4-6-8-16)14-20-11-9-15(10-12-20)13-21-3/h4-8,15,17H,9-14,19H2,1-3H3. The Balaban J connectivity index is 1.89. The maximum atomic E-state index is 6.52. The van der Waals surface area contributed by atoms with Crippen molar-refractivity contribution in [2.75, 3.05) is 33.4 Å². The molecule has 3 heteroatoms. The van der Waals surface area contributed by atoms with Crippen LogP contribution in [-0.4, -0.2) is 38.3 Å². The molecule has 1 fully saturated rings. The van der Waals surface area contributed by atoms with Crippen LogP contribution in [0.2, 0.25) is 0 Å². The van der Waals surface area contributed by atoms with Crippen molar-refractivity contribution in [1.82, 2.24) is 4.90 Å². The van der Waals surface area contributed by atoms with Crippen LogP contribution in [0, 0.1) is 11.3 Å². The highest BCUT2D eigenvalue weighted by Crippen LogP contribution is 2.33. The van der Waals surface area contributed by atoms with Gasteiger partial charge in [0, 0.05) is 26.3 Å². The molecule has 2 rings (SSSR count). The maximum absolute atomic E-state index is 6.52. The summed E-state index contributed by atoms with van der Waals surface area (Å²) in [4.78, 5) is 2.56. The van der Waals surface area contributed by atoms with Gasteiger partial charge in [0.05, 0.1) is 0 Å². The van der Waals surface area contributed by atoms with E-state index in [0.717, 1.165) is 19.1 Å². The van der Waals surface area contributed by atoms with Gasteiger partial charge >= 0.3 is 0 Å². The average molecular weight is 290 g/mol. The fourth-order valence-electron chi connectivity index (χ4n) is 3.33. The second kappa shape index (κ2) is 7.39. The Labute approximate surface area is 129 Å². The van der Waals surface area contributed by atoms with E-state index in [1.807, 2.05) is 6.07 Å². The lowest BCUT2D eigenvalue weighted by molar-refractivity contribution is 0.0748. The molecule has 1 aliphatic rings. The molecule has 1 heterocycles. The summed E-state index contributed by atoms with van der Waals surface area (Å²) in [5.74, 6) is 0.733. The fourth-order valence-corrected chi connectivity index (χ4v) is 3.33. The molecule has 1 aliphatic heterocycles. The van der Waals surface area contributed by atoms with Gasteiger partial charge in [-0.3, -0.25) is 0 Å². The minimum atomic E-state index is 0.0788. The Bertz CT molecular complexity index is 410. The molecule has 1 atom stereocenters. The maximum Gasteiger partial charge on any atom is 0.0491 e. The Kier molecular flexibility index (Phi) is 5.80. The van der Waals surface area contributed by atoms with E-state index in [0.29, 0.717) is 0 Å². The van der Waals surface area contributed by atoms with Crippen LogP contribution in [-0.2, 0) is 4.74 Å². The second-order valence-corrected chi connectivity index (χ2v) is 7.05. The number of hydrogen-bond donors (Lipinski definition) is 1. The number of likely N-dealkylation sites (tertiary alicyclic amines) is 1. The Morgan fingerprint density at radius 3 is 2.43 bits per heavy atom. The molecule has 1 aromatic carbocycles. The minimum absolute atomic E-state index is 0.0788. The Morgan fingerprint density at radius 1 is 1.24 bits per heavy atom. The third-order valence-corrected chi connectivity index (χ3v) is 4.74. The molecule has 1 aromatic rings. The normalized spacial score (nSPS) is 19.6. The highest BCUT2D eigenvalue weighted by molar-refractivity contribution is 5.20. The van der Waals surface area contributed by atoms with E-state index in [9.17, 15) is 0 Å². The molecule has 0 radical (unpaired) electrons. The number of rotatable bonds is 6. The largest absolute Gasteiger partial charge is 0.384 e. The summed E-state index contributed by atoms with van der Waals surface area (Å²) in [6.07, 6.45) is 2.48. The molecule has 21 heavy (non-hydrogen) atoms. The van der Waals surface area contributed by atoms with Gasteiger partial charge < -0.3 is 15.4 Å². The van der Waals surface area contributed by atoms with E-state index in [1.165, 1.54) is 31.5 Å². The summed E-state index contributed by atoms with van der Waals surface area (Å²) in [7, 11) is 1.80. The van der Waals surface area contributed by atoms with Crippen LogP contribution in [0.3, 0.4) is 0 Å². The van der Waals surface area contributed by atoms with E-state index in [-0.39, 0.29) is 11.5 Å². The first-order chi connectivity index (χ1) is 10.0. The van der Waals surface area contributed by atoms with E-state index < -0.39 is 0 Å². The minimum Gasteiger partial charge on any atom is -0.384 e. The number of hydrogen-bond acceptors (Lipinski definition) is 3. The van der Waals surface area contributed by atoms with Crippen molar-refractivity contribution in [1.29, 1.82) is 0 Å². The summed E-state index contributed by atoms with van der Waals surface area (Å²) in [5, 5.41) is 0. The molecule has 0 amide bonds. The lowest BCUT2D eigenvalue weighted by Crippen LogP contribution is -2.44. The lowest BCUT2D eigenvalue weighted by atomic mass is 9.80. The smallest absolute Gasteiger partial charge is 0.0491 e. The van der Waals surface area contributed by atoms with Crippen molar-refractivity contribution in [2.24, 2.45) is 17.1 Å². The highest BCUT2D eigenvalue weighted by Gasteiger charge is 2.31. The molecule has 3 nitrogen and oxygen atoms in total. The number of methoxy groups -OCH3 is 1. The van der Waals surface area contributed by atoms with Crippen LogP contribution in [0.1, 0.15) is 38.3 Å². The van der Waals surface area contributed by atoms with Gasteiger partial charge in [-0.15, -0.1) is 0 Å². The van der Waals surface area contributed by atoms with Crippen LogP contribution in [0.25, 0.3) is 0 Å². The highest BCUT2D eigenvalue weighted by atomic mass is 16.5. The van der Waals surface area contributed by atoms with E-state index in [1.54, 1.807) is 7.11 Å². The van der Waals surface area contributed by atoms with Gasteiger partial charge in [-0.1, -0.05) is 44.2 Å². The summed E-state index contributed by atoms with van der Waals surface area (Å²) >= 11 is 0. The summed E-state index contributed by atoms with van der Waals surface area (Å²) < 4.78 is 5.28. The van der Waals surface area contributed by atoms with Gasteiger partial charge in [0.25, 0.3) is 0 Å². The van der Waals surface area contributed by atoms with Crippen LogP contribution in [0.4, 0.5) is 0 Å². The van der Waals surface area contributed by atoms with Gasteiger partial charge in [0.1, 0.15) is 0 Å². The van der Waals surface area contributed by atoms with Crippen molar-refractivity contribution in [3.05, 3.63) is 35.9 Å². The van der Waals surface area contributed by atoms with Gasteiger partial charge in [-0.05, 0) is 42.8 Å². The monoisotopic (exact) mass is 290 g/mol. The van der Waals surface area contributed by atoms with E-state index >= 15 is 0 Å². The summed E-state index contributed by atoms with van der Waals surface area (Å²) in [6.45, 7) is 8.86. The van der Waals surface area contributed by atoms with Crippen LogP contribution >= 0.6 is 0 Å². The number of nitrogens with two attached hydrogens (primary N) is 1. The number of benzene rings is 1. The van der Waals surface area contributed by atoms with Crippen molar-refractivity contribution < 1.29 is 4.74 Å². The number of piperidine rings is 1. The number of ether oxygens (including phenoxy) is 1. The summed E-state index contributed by atoms with van der Waals surface area (Å²) in [5.41, 5.74) is 7.83. The fraction of sp³-hybridized carbons (Fsp3) is 0.667. The SMILES string of the molecule is COCC1CCN(CC(C)(C)C(N)c2ccccc2)CC1. The van der Waals surface area contributed by atoms with Crippen molar-refractivity contribution in [3.8, 4) is 0 Å². The molecule has 118 valence electrons. The van der Waals surface area contributed by atoms with Gasteiger partial charge in [-0.2, -0.15) is 0 Å². The zero-order chi connectivity index (χ0) is 15.3. The Morgan fingerprint density at radius 2 is 1.86 bits per heavy atom. The predicted octanol–water partition coefficient (Wildman–Crippen LogP) is 3.07. The third-order valence-electron chi connectivity index (χ3n) is 4.74. The van der Waals surface area contributed by atoms with Crippen molar-refractivity contribution in [2.45, 2.75) is 32.7 Å². The molecule has 0 aromatic heterocycles. The Hall–Kier alpha value is -0.900. The molecule has 1 unspecified atom stereocenters. The van der Waals surface area contributed by atoms with Crippen LogP contribution < -0.4 is 5.73 Å². The number of nitrogens with zero attached hydrogens (tertiary/aromatic N) is 1. The lowest BCUT2D eigenvalue weighted by Gasteiger charge is -2.40. The summed E-state index contributed by atoms with van der Waals surface area (Å²) in [6, 6.07) is 10.5. The second-order valence-electron chi connectivity index (χ2n) is 7.05. The van der Waals surface area contributed by atoms with Crippen molar-refractivity contribution >= 4 is 0 Å². The zero-order valence-corrected chi connectivity index (χ0v) is 13.7. The van der Waals surface area contributed by atoms with E-state index in [2.05, 4.69) is 43.0 Å². The quantitative estimate of drug-likeness (QED) is 0.875. The molecule has 0 aliphatic carbocycles. The van der Waals surface area contributed by atoms with Crippen LogP contribution in [0.5, 0.6) is 0 Å². The third kappa shape index (κ3) is 4.53. The molecule has 1 saturated heterocycles. The topological polar surface area (TPSA) is 38.5 Å². The first kappa shape index (κ1) is 16.5. The van der Waals surface area contributed by atoms with Crippen LogP contribution in [0.15, 0.2) is 30.3 Å². The van der Waals surface area contributed by atoms with Gasteiger partial charge in [0.2, 0.25) is 0 Å². The molecule has 0 spiro atoms. The predicted molar refractivity (Wildman–Crippen MR) is 88.2 cm³/mol. The molecule has 2 N–H and O–H groups in total.